The van der Waals surface area contributed by atoms with Crippen LogP contribution < -0.4 is 10.6 Å². The minimum Gasteiger partial charge on any atom is -0.507 e. The predicted molar refractivity (Wildman–Crippen MR) is 184 cm³/mol. The molecule has 0 aliphatic rings. The van der Waals surface area contributed by atoms with Crippen LogP contribution >= 0.6 is 0 Å². The van der Waals surface area contributed by atoms with Crippen LogP contribution in [0.4, 0.5) is 4.79 Å². The Bertz CT molecular complexity index is 1640. The number of carbonyl (C=O) groups is 4. The van der Waals surface area contributed by atoms with Gasteiger partial charge in [-0.3, -0.25) is 9.59 Å². The zero-order valence-electron chi connectivity index (χ0n) is 29.2. The molecule has 0 aliphatic carbocycles. The van der Waals surface area contributed by atoms with E-state index >= 15 is 0 Å². The van der Waals surface area contributed by atoms with E-state index in [2.05, 4.69) is 10.6 Å². The number of nitriles is 1. The number of phenols is 1. The molecule has 0 aliphatic heterocycles. The van der Waals surface area contributed by atoms with Gasteiger partial charge in [0.2, 0.25) is 11.8 Å². The van der Waals surface area contributed by atoms with Crippen molar-refractivity contribution in [3.8, 4) is 11.8 Å². The first kappa shape index (κ1) is 38.1. The molecule has 3 rings (SSSR count). The molecule has 0 spiro atoms. The van der Waals surface area contributed by atoms with Gasteiger partial charge in [0, 0.05) is 18.4 Å². The van der Waals surface area contributed by atoms with E-state index in [0.717, 1.165) is 10.5 Å². The second-order valence-electron chi connectivity index (χ2n) is 13.7. The zero-order chi connectivity index (χ0) is 36.4. The van der Waals surface area contributed by atoms with E-state index in [1.165, 1.54) is 6.07 Å². The van der Waals surface area contributed by atoms with Gasteiger partial charge in [-0.1, -0.05) is 78.9 Å². The van der Waals surface area contributed by atoms with Crippen molar-refractivity contribution in [2.45, 2.75) is 90.6 Å². The maximum absolute atomic E-state index is 14.5. The summed E-state index contributed by atoms with van der Waals surface area (Å²) < 4.78 is 11.1. The van der Waals surface area contributed by atoms with Crippen molar-refractivity contribution >= 4 is 23.9 Å². The van der Waals surface area contributed by atoms with Gasteiger partial charge in [0.15, 0.2) is 0 Å². The monoisotopic (exact) mass is 670 g/mol. The topological polar surface area (TPSA) is 158 Å². The molecule has 3 aromatic rings. The van der Waals surface area contributed by atoms with Crippen LogP contribution in [-0.4, -0.2) is 63.7 Å². The fourth-order valence-electron chi connectivity index (χ4n) is 5.09. The Balaban J connectivity index is 2.12. The third-order valence-corrected chi connectivity index (χ3v) is 7.21. The molecule has 0 heterocycles. The van der Waals surface area contributed by atoms with Crippen molar-refractivity contribution in [1.29, 1.82) is 5.26 Å². The smallest absolute Gasteiger partial charge is 0.408 e. The number of amides is 3. The first-order valence-corrected chi connectivity index (χ1v) is 16.1. The van der Waals surface area contributed by atoms with E-state index in [1.54, 1.807) is 115 Å². The molecule has 3 atom stereocenters. The van der Waals surface area contributed by atoms with E-state index in [-0.39, 0.29) is 24.2 Å². The van der Waals surface area contributed by atoms with Gasteiger partial charge >= 0.3 is 12.1 Å². The van der Waals surface area contributed by atoms with Gasteiger partial charge in [-0.25, -0.2) is 9.59 Å². The number of ether oxygens (including phenoxy) is 2. The Kier molecular flexibility index (Phi) is 12.9. The molecule has 260 valence electrons. The second-order valence-corrected chi connectivity index (χ2v) is 13.7. The molecule has 0 aromatic heterocycles. The molecule has 3 N–H and O–H groups in total. The minimum atomic E-state index is -1.59. The van der Waals surface area contributed by atoms with Crippen LogP contribution in [0.2, 0.25) is 0 Å². The number of phenolic OH excluding ortho intramolecular Hbond substituents is 1. The average molecular weight is 671 g/mol. The quantitative estimate of drug-likeness (QED) is 0.173. The summed E-state index contributed by atoms with van der Waals surface area (Å²) >= 11 is 0. The number of hydrogen-bond donors (Lipinski definition) is 3. The molecule has 0 radical (unpaired) electrons. The normalized spacial score (nSPS) is 13.2. The van der Waals surface area contributed by atoms with Crippen molar-refractivity contribution in [3.63, 3.8) is 0 Å². The molecule has 0 fully saturated rings. The molecule has 0 bridgehead atoms. The van der Waals surface area contributed by atoms with E-state index in [0.29, 0.717) is 11.1 Å². The second kappa shape index (κ2) is 16.6. The third kappa shape index (κ3) is 11.7. The Labute approximate surface area is 288 Å². The maximum atomic E-state index is 14.5. The number of rotatable bonds is 12. The lowest BCUT2D eigenvalue weighted by Crippen LogP contribution is -2.55. The Morgan fingerprint density at radius 2 is 1.31 bits per heavy atom. The van der Waals surface area contributed by atoms with Crippen molar-refractivity contribution in [2.24, 2.45) is 0 Å². The van der Waals surface area contributed by atoms with Crippen LogP contribution in [0.25, 0.3) is 0 Å². The number of aryl methyl sites for hydroxylation is 1. The SMILES string of the molecule is Cc1cccc(C(C(=O)NC(Cc2ccccc2)C(=O)OC(C)(C)C)N(CC#N)C(=O)C(Cc2ccccc2)NC(=O)OC(C)(C)C)c1O. The van der Waals surface area contributed by atoms with Gasteiger partial charge in [-0.05, 0) is 65.2 Å². The lowest BCUT2D eigenvalue weighted by atomic mass is 9.97. The minimum absolute atomic E-state index is 0.00350. The molecule has 0 saturated heterocycles. The first-order valence-electron chi connectivity index (χ1n) is 16.1. The maximum Gasteiger partial charge on any atom is 0.408 e. The van der Waals surface area contributed by atoms with Gasteiger partial charge < -0.3 is 30.1 Å². The predicted octanol–water partition coefficient (Wildman–Crippen LogP) is 5.30. The zero-order valence-corrected chi connectivity index (χ0v) is 29.2. The van der Waals surface area contributed by atoms with Crippen LogP contribution in [0.3, 0.4) is 0 Å². The highest BCUT2D eigenvalue weighted by molar-refractivity contribution is 5.94. The van der Waals surface area contributed by atoms with Gasteiger partial charge in [0.1, 0.15) is 41.6 Å². The van der Waals surface area contributed by atoms with Crippen LogP contribution in [-0.2, 0) is 36.7 Å². The number of hydrogen-bond acceptors (Lipinski definition) is 8. The van der Waals surface area contributed by atoms with E-state index < -0.39 is 59.7 Å². The van der Waals surface area contributed by atoms with Gasteiger partial charge in [0.25, 0.3) is 0 Å². The molecule has 3 unspecified atom stereocenters. The highest BCUT2D eigenvalue weighted by Gasteiger charge is 2.39. The van der Waals surface area contributed by atoms with Crippen LogP contribution in [0.5, 0.6) is 5.75 Å². The summed E-state index contributed by atoms with van der Waals surface area (Å²) in [7, 11) is 0. The number of esters is 1. The van der Waals surface area contributed by atoms with Crippen molar-refractivity contribution in [1.82, 2.24) is 15.5 Å². The fraction of sp³-hybridized carbons (Fsp3) is 0.395. The summed E-state index contributed by atoms with van der Waals surface area (Å²) in [6.45, 7) is 11.2. The lowest BCUT2D eigenvalue weighted by Gasteiger charge is -2.34. The van der Waals surface area contributed by atoms with Gasteiger partial charge in [-0.15, -0.1) is 0 Å². The molecule has 0 saturated carbocycles. The van der Waals surface area contributed by atoms with Crippen molar-refractivity contribution in [2.75, 3.05) is 6.54 Å². The number of para-hydroxylation sites is 1. The standard InChI is InChI=1S/C38H46N4O7/c1-25-15-14-20-28(32(25)43)31(33(44)40-30(35(46)48-37(2,3)4)24-27-18-12-9-13-19-27)42(22-21-39)34(45)29(23-26-16-10-8-11-17-26)41-36(47)49-38(5,6)7/h8-20,29-31,43H,22-24H2,1-7H3,(H,40,44)(H,41,47). The van der Waals surface area contributed by atoms with Crippen molar-refractivity contribution in [3.05, 3.63) is 101 Å². The van der Waals surface area contributed by atoms with E-state index in [9.17, 15) is 29.5 Å². The van der Waals surface area contributed by atoms with Crippen LogP contribution in [0.15, 0.2) is 78.9 Å². The van der Waals surface area contributed by atoms with Gasteiger partial charge in [-0.2, -0.15) is 5.26 Å². The molecule has 11 heteroatoms. The number of alkyl carbamates (subject to hydrolysis) is 1. The summed E-state index contributed by atoms with van der Waals surface area (Å²) in [5.41, 5.74) is 0.136. The lowest BCUT2D eigenvalue weighted by molar-refractivity contribution is -0.159. The molecule has 11 nitrogen and oxygen atoms in total. The molecular weight excluding hydrogens is 624 g/mol. The van der Waals surface area contributed by atoms with Gasteiger partial charge in [0.05, 0.1) is 6.07 Å². The number of nitrogens with one attached hydrogen (secondary N) is 2. The first-order chi connectivity index (χ1) is 23.0. The average Bonchev–Trinajstić information content (AvgIpc) is 3.01. The molecule has 49 heavy (non-hydrogen) atoms. The third-order valence-electron chi connectivity index (χ3n) is 7.21. The summed E-state index contributed by atoms with van der Waals surface area (Å²) in [5.74, 6) is -2.60. The highest BCUT2D eigenvalue weighted by Crippen LogP contribution is 2.32. The molecule has 3 aromatic carbocycles. The van der Waals surface area contributed by atoms with E-state index in [4.69, 9.17) is 9.47 Å². The molecule has 3 amide bonds. The fourth-order valence-corrected chi connectivity index (χ4v) is 5.09. The van der Waals surface area contributed by atoms with Crippen molar-refractivity contribution < 1.29 is 33.8 Å². The van der Waals surface area contributed by atoms with Crippen LogP contribution in [0.1, 0.15) is 69.8 Å². The summed E-state index contributed by atoms with van der Waals surface area (Å²) in [6.07, 6.45) is -0.799. The largest absolute Gasteiger partial charge is 0.507 e. The Morgan fingerprint density at radius 1 is 0.776 bits per heavy atom. The number of aromatic hydroxyl groups is 1. The molecular formula is C38H46N4O7. The number of benzene rings is 3. The Hall–Kier alpha value is -5.37. The Morgan fingerprint density at radius 3 is 1.82 bits per heavy atom. The summed E-state index contributed by atoms with van der Waals surface area (Å²) in [5, 5.41) is 26.5. The van der Waals surface area contributed by atoms with Crippen LogP contribution in [0, 0.1) is 18.3 Å². The summed E-state index contributed by atoms with van der Waals surface area (Å²) in [6, 6.07) is 20.5. The summed E-state index contributed by atoms with van der Waals surface area (Å²) in [4.78, 5) is 56.4. The number of nitrogens with zero attached hydrogens (tertiary/aromatic N) is 2. The highest BCUT2D eigenvalue weighted by atomic mass is 16.6. The van der Waals surface area contributed by atoms with E-state index in [1.807, 2.05) is 12.1 Å². The number of carbonyl (C=O) groups excluding carboxylic acids is 4.